The minimum absolute atomic E-state index is 0.752. The second-order valence-electron chi connectivity index (χ2n) is 4.14. The molecule has 0 saturated carbocycles. The van der Waals surface area contributed by atoms with E-state index in [1.165, 1.54) is 0 Å². The molecule has 0 aromatic carbocycles. The van der Waals surface area contributed by atoms with Gasteiger partial charge in [0.15, 0.2) is 0 Å². The Labute approximate surface area is 103 Å². The molecule has 0 unspecified atom stereocenters. The van der Waals surface area contributed by atoms with Gasteiger partial charge in [-0.15, -0.1) is 0 Å². The molecule has 0 bridgehead atoms. The van der Waals surface area contributed by atoms with Crippen molar-refractivity contribution in [3.05, 3.63) is 16.9 Å². The molecule has 0 fully saturated rings. The lowest BCUT2D eigenvalue weighted by molar-refractivity contribution is 0.368. The fraction of sp³-hybridized carbons (Fsp3) is 0.727. The maximum Gasteiger partial charge on any atom is 0.0831 e. The van der Waals surface area contributed by atoms with Crippen LogP contribution in [0.15, 0.2) is 6.20 Å². The van der Waals surface area contributed by atoms with Gasteiger partial charge in [0.2, 0.25) is 0 Å². The van der Waals surface area contributed by atoms with Crippen LogP contribution in [-0.4, -0.2) is 41.9 Å². The number of rotatable bonds is 7. The fourth-order valence-electron chi connectivity index (χ4n) is 1.43. The highest BCUT2D eigenvalue weighted by Gasteiger charge is 2.08. The smallest absolute Gasteiger partial charge is 0.0831 e. The molecule has 0 aliphatic rings. The monoisotopic (exact) mass is 244 g/mol. The quantitative estimate of drug-likeness (QED) is 0.740. The highest BCUT2D eigenvalue weighted by atomic mass is 35.5. The molecular formula is C11H21ClN4. The van der Waals surface area contributed by atoms with Crippen LogP contribution in [0.3, 0.4) is 0 Å². The van der Waals surface area contributed by atoms with Crippen LogP contribution in [0, 0.1) is 0 Å². The standard InChI is InChI=1S/C11H21ClN4/c1-4-5-13-9-11-10(12)8-14-16(11)7-6-15(2)3/h8,13H,4-7,9H2,1-3H3. The molecule has 0 spiro atoms. The first-order valence-electron chi connectivity index (χ1n) is 5.70. The third-order valence-corrected chi connectivity index (χ3v) is 2.69. The van der Waals surface area contributed by atoms with E-state index in [1.807, 2.05) is 4.68 Å². The normalized spacial score (nSPS) is 11.3. The van der Waals surface area contributed by atoms with Gasteiger partial charge in [0.25, 0.3) is 0 Å². The van der Waals surface area contributed by atoms with Crippen molar-refractivity contribution in [2.45, 2.75) is 26.4 Å². The molecule has 0 atom stereocenters. The van der Waals surface area contributed by atoms with Crippen molar-refractivity contribution >= 4 is 11.6 Å². The molecule has 92 valence electrons. The number of aromatic nitrogens is 2. The average molecular weight is 245 g/mol. The highest BCUT2D eigenvalue weighted by molar-refractivity contribution is 6.31. The van der Waals surface area contributed by atoms with Crippen LogP contribution < -0.4 is 5.32 Å². The van der Waals surface area contributed by atoms with Gasteiger partial charge in [-0.05, 0) is 27.1 Å². The summed E-state index contributed by atoms with van der Waals surface area (Å²) in [5, 5.41) is 8.38. The lowest BCUT2D eigenvalue weighted by Crippen LogP contribution is -2.22. The summed E-state index contributed by atoms with van der Waals surface area (Å²) >= 11 is 6.10. The first-order chi connectivity index (χ1) is 7.65. The van der Waals surface area contributed by atoms with E-state index in [-0.39, 0.29) is 0 Å². The minimum Gasteiger partial charge on any atom is -0.311 e. The van der Waals surface area contributed by atoms with E-state index >= 15 is 0 Å². The van der Waals surface area contributed by atoms with Crippen LogP contribution in [0.1, 0.15) is 19.0 Å². The van der Waals surface area contributed by atoms with Gasteiger partial charge in [0.1, 0.15) is 0 Å². The Morgan fingerprint density at radius 3 is 2.88 bits per heavy atom. The van der Waals surface area contributed by atoms with Crippen molar-refractivity contribution in [3.63, 3.8) is 0 Å². The predicted octanol–water partition coefficient (Wildman–Crippen LogP) is 1.60. The third kappa shape index (κ3) is 4.12. The SMILES string of the molecule is CCCNCc1c(Cl)cnn1CCN(C)C. The van der Waals surface area contributed by atoms with E-state index in [2.05, 4.69) is 36.3 Å². The van der Waals surface area contributed by atoms with E-state index in [0.29, 0.717) is 0 Å². The summed E-state index contributed by atoms with van der Waals surface area (Å²) in [6.45, 7) is 5.80. The minimum atomic E-state index is 0.752. The summed E-state index contributed by atoms with van der Waals surface area (Å²) in [7, 11) is 4.11. The zero-order chi connectivity index (χ0) is 12.0. The highest BCUT2D eigenvalue weighted by Crippen LogP contribution is 2.14. The summed E-state index contributed by atoms with van der Waals surface area (Å²) in [6.07, 6.45) is 2.85. The lowest BCUT2D eigenvalue weighted by atomic mass is 10.4. The second-order valence-corrected chi connectivity index (χ2v) is 4.55. The Morgan fingerprint density at radius 2 is 2.25 bits per heavy atom. The van der Waals surface area contributed by atoms with Crippen LogP contribution in [-0.2, 0) is 13.1 Å². The first-order valence-corrected chi connectivity index (χ1v) is 6.08. The van der Waals surface area contributed by atoms with Gasteiger partial charge in [0.05, 0.1) is 23.5 Å². The number of likely N-dealkylation sites (N-methyl/N-ethyl adjacent to an activating group) is 1. The Hall–Kier alpha value is -0.580. The van der Waals surface area contributed by atoms with Crippen LogP contribution in [0.4, 0.5) is 0 Å². The zero-order valence-corrected chi connectivity index (χ0v) is 11.1. The van der Waals surface area contributed by atoms with Crippen LogP contribution >= 0.6 is 11.6 Å². The summed E-state index contributed by atoms with van der Waals surface area (Å²) in [4.78, 5) is 2.14. The molecule has 1 rings (SSSR count). The number of hydrogen-bond acceptors (Lipinski definition) is 3. The van der Waals surface area contributed by atoms with E-state index in [9.17, 15) is 0 Å². The molecule has 1 aromatic heterocycles. The molecule has 0 saturated heterocycles. The number of hydrogen-bond donors (Lipinski definition) is 1. The molecule has 4 nitrogen and oxygen atoms in total. The number of nitrogens with one attached hydrogen (secondary N) is 1. The fourth-order valence-corrected chi connectivity index (χ4v) is 1.64. The Bertz CT molecular complexity index is 309. The van der Waals surface area contributed by atoms with Crippen molar-refractivity contribution in [2.24, 2.45) is 0 Å². The molecule has 1 aromatic rings. The molecular weight excluding hydrogens is 224 g/mol. The molecule has 0 aliphatic carbocycles. The first kappa shape index (κ1) is 13.5. The topological polar surface area (TPSA) is 33.1 Å². The van der Waals surface area contributed by atoms with Crippen LogP contribution in [0.2, 0.25) is 5.02 Å². The summed E-state index contributed by atoms with van der Waals surface area (Å²) in [5.41, 5.74) is 1.08. The molecule has 0 aliphatic heterocycles. The second kappa shape index (κ2) is 6.89. The van der Waals surface area contributed by atoms with Crippen molar-refractivity contribution in [3.8, 4) is 0 Å². The number of nitrogens with zero attached hydrogens (tertiary/aromatic N) is 3. The largest absolute Gasteiger partial charge is 0.311 e. The summed E-state index contributed by atoms with van der Waals surface area (Å²) in [6, 6.07) is 0. The molecule has 0 radical (unpaired) electrons. The van der Waals surface area contributed by atoms with Gasteiger partial charge >= 0.3 is 0 Å². The van der Waals surface area contributed by atoms with E-state index in [4.69, 9.17) is 11.6 Å². The predicted molar refractivity (Wildman–Crippen MR) is 67.8 cm³/mol. The van der Waals surface area contributed by atoms with E-state index in [0.717, 1.165) is 43.3 Å². The van der Waals surface area contributed by atoms with Crippen LogP contribution in [0.5, 0.6) is 0 Å². The van der Waals surface area contributed by atoms with Gasteiger partial charge in [-0.25, -0.2) is 0 Å². The Morgan fingerprint density at radius 1 is 1.50 bits per heavy atom. The van der Waals surface area contributed by atoms with Gasteiger partial charge in [-0.3, -0.25) is 4.68 Å². The summed E-state index contributed by atoms with van der Waals surface area (Å²) < 4.78 is 1.98. The van der Waals surface area contributed by atoms with Gasteiger partial charge in [-0.2, -0.15) is 5.10 Å². The van der Waals surface area contributed by atoms with Gasteiger partial charge in [-0.1, -0.05) is 18.5 Å². The van der Waals surface area contributed by atoms with Crippen molar-refractivity contribution < 1.29 is 0 Å². The molecule has 5 heteroatoms. The zero-order valence-electron chi connectivity index (χ0n) is 10.3. The maximum absolute atomic E-state index is 6.10. The lowest BCUT2D eigenvalue weighted by Gasteiger charge is -2.12. The van der Waals surface area contributed by atoms with Crippen molar-refractivity contribution in [2.75, 3.05) is 27.2 Å². The molecule has 1 heterocycles. The van der Waals surface area contributed by atoms with Crippen molar-refractivity contribution in [1.82, 2.24) is 20.0 Å². The Kier molecular flexibility index (Phi) is 5.80. The molecule has 1 N–H and O–H groups in total. The average Bonchev–Trinajstić information content (AvgIpc) is 2.58. The van der Waals surface area contributed by atoms with E-state index < -0.39 is 0 Å². The van der Waals surface area contributed by atoms with Gasteiger partial charge in [0, 0.05) is 13.1 Å². The van der Waals surface area contributed by atoms with Gasteiger partial charge < -0.3 is 10.2 Å². The maximum atomic E-state index is 6.10. The number of halogens is 1. The molecule has 0 amide bonds. The third-order valence-electron chi connectivity index (χ3n) is 2.38. The van der Waals surface area contributed by atoms with E-state index in [1.54, 1.807) is 6.20 Å². The molecule has 16 heavy (non-hydrogen) atoms. The summed E-state index contributed by atoms with van der Waals surface area (Å²) in [5.74, 6) is 0. The van der Waals surface area contributed by atoms with Crippen LogP contribution in [0.25, 0.3) is 0 Å². The van der Waals surface area contributed by atoms with Crippen molar-refractivity contribution in [1.29, 1.82) is 0 Å². The Balaban J connectivity index is 2.55.